The first-order valence-electron chi connectivity index (χ1n) is 8.92. The second-order valence-corrected chi connectivity index (χ2v) is 8.79. The van der Waals surface area contributed by atoms with E-state index in [1.165, 1.54) is 22.5 Å². The van der Waals surface area contributed by atoms with Crippen LogP contribution < -0.4 is 0 Å². The van der Waals surface area contributed by atoms with E-state index >= 15 is 0 Å². The number of rotatable bonds is 8. The molecule has 1 aliphatic rings. The molecule has 0 fully saturated rings. The highest BCUT2D eigenvalue weighted by Gasteiger charge is 2.47. The highest BCUT2D eigenvalue weighted by Crippen LogP contribution is 2.52. The van der Waals surface area contributed by atoms with Gasteiger partial charge >= 0.3 is 7.60 Å². The first kappa shape index (κ1) is 19.4. The van der Waals surface area contributed by atoms with Crippen LogP contribution in [0.1, 0.15) is 52.2 Å². The van der Waals surface area contributed by atoms with Crippen molar-refractivity contribution in [2.24, 2.45) is 0 Å². The van der Waals surface area contributed by atoms with Crippen molar-refractivity contribution in [3.05, 3.63) is 29.3 Å². The van der Waals surface area contributed by atoms with Gasteiger partial charge in [0, 0.05) is 18.6 Å². The van der Waals surface area contributed by atoms with Crippen LogP contribution in [-0.4, -0.2) is 36.2 Å². The molecule has 0 radical (unpaired) electrons. The van der Waals surface area contributed by atoms with Crippen molar-refractivity contribution in [2.75, 3.05) is 25.9 Å². The number of benzene rings is 1. The maximum atomic E-state index is 12.9. The Labute approximate surface area is 146 Å². The van der Waals surface area contributed by atoms with Gasteiger partial charge in [0.1, 0.15) is 6.54 Å². The summed E-state index contributed by atoms with van der Waals surface area (Å²) in [6.45, 7) is 14.2. The van der Waals surface area contributed by atoms with Crippen LogP contribution in [-0.2, 0) is 19.0 Å². The number of hydrogen-bond acceptors (Lipinski definition) is 3. The number of aryl methyl sites for hydroxylation is 1. The first-order chi connectivity index (χ1) is 11.3. The smallest absolute Gasteiger partial charge is 0.309 e. The van der Waals surface area contributed by atoms with Crippen molar-refractivity contribution in [2.45, 2.75) is 53.4 Å². The van der Waals surface area contributed by atoms with Crippen molar-refractivity contribution in [3.63, 3.8) is 0 Å². The Balaban J connectivity index is 2.36. The molecular weight excluding hydrogens is 321 g/mol. The Hall–Kier alpha value is -0.960. The predicted molar refractivity (Wildman–Crippen MR) is 100 cm³/mol. The third-order valence-electron chi connectivity index (χ3n) is 5.09. The number of nitrogens with zero attached hydrogens (tertiary/aromatic N) is 1. The van der Waals surface area contributed by atoms with Gasteiger partial charge in [-0.3, -0.25) is 4.57 Å². The van der Waals surface area contributed by atoms with Gasteiger partial charge in [-0.2, -0.15) is 4.58 Å². The third kappa shape index (κ3) is 3.51. The van der Waals surface area contributed by atoms with Gasteiger partial charge in [0.15, 0.2) is 5.71 Å². The number of fused-ring (bicyclic) bond motifs is 1. The topological polar surface area (TPSA) is 38.5 Å². The summed E-state index contributed by atoms with van der Waals surface area (Å²) in [4.78, 5) is 0. The molecule has 0 aromatic heterocycles. The zero-order valence-electron chi connectivity index (χ0n) is 15.9. The second-order valence-electron chi connectivity index (χ2n) is 6.60. The summed E-state index contributed by atoms with van der Waals surface area (Å²) in [5.41, 5.74) is 5.02. The minimum atomic E-state index is -3.02. The van der Waals surface area contributed by atoms with E-state index in [1.807, 2.05) is 13.8 Å². The standard InChI is InChI=1S/C19H31NO3P/c1-7-20-16(5)19(6,17-14-15(4)10-11-18(17)20)12-13-24(21,22-8-2)23-9-3/h10-11,14H,7-9,12-13H2,1-6H3/q+1. The van der Waals surface area contributed by atoms with Crippen LogP contribution in [0.4, 0.5) is 5.69 Å². The Bertz CT molecular complexity index is 673. The van der Waals surface area contributed by atoms with Crippen LogP contribution in [0.15, 0.2) is 18.2 Å². The molecule has 1 aromatic carbocycles. The molecule has 1 aliphatic heterocycles. The fourth-order valence-electron chi connectivity index (χ4n) is 3.64. The molecular formula is C19H31NO3P+. The Morgan fingerprint density at radius 2 is 1.75 bits per heavy atom. The Morgan fingerprint density at radius 1 is 1.12 bits per heavy atom. The van der Waals surface area contributed by atoms with Crippen molar-refractivity contribution in [1.29, 1.82) is 0 Å². The summed E-state index contributed by atoms with van der Waals surface area (Å²) >= 11 is 0. The van der Waals surface area contributed by atoms with Crippen LogP contribution in [0.25, 0.3) is 0 Å². The molecule has 0 amide bonds. The molecule has 24 heavy (non-hydrogen) atoms. The van der Waals surface area contributed by atoms with Crippen LogP contribution in [0, 0.1) is 6.92 Å². The fourth-order valence-corrected chi connectivity index (χ4v) is 5.48. The average Bonchev–Trinajstić information content (AvgIpc) is 2.74. The largest absolute Gasteiger partial charge is 0.330 e. The molecule has 0 saturated carbocycles. The molecule has 1 atom stereocenters. The highest BCUT2D eigenvalue weighted by molar-refractivity contribution is 7.53. The Morgan fingerprint density at radius 3 is 2.29 bits per heavy atom. The van der Waals surface area contributed by atoms with E-state index in [0.29, 0.717) is 19.4 Å². The molecule has 0 N–H and O–H groups in total. The van der Waals surface area contributed by atoms with E-state index in [4.69, 9.17) is 9.05 Å². The van der Waals surface area contributed by atoms with E-state index in [-0.39, 0.29) is 5.41 Å². The van der Waals surface area contributed by atoms with Gasteiger partial charge in [-0.1, -0.05) is 11.6 Å². The van der Waals surface area contributed by atoms with Crippen LogP contribution in [0.2, 0.25) is 0 Å². The lowest BCUT2D eigenvalue weighted by atomic mass is 9.77. The monoisotopic (exact) mass is 352 g/mol. The van der Waals surface area contributed by atoms with Crippen LogP contribution >= 0.6 is 7.60 Å². The van der Waals surface area contributed by atoms with E-state index < -0.39 is 7.60 Å². The van der Waals surface area contributed by atoms with E-state index in [0.717, 1.165) is 13.0 Å². The second kappa shape index (κ2) is 7.51. The van der Waals surface area contributed by atoms with Crippen molar-refractivity contribution in [3.8, 4) is 0 Å². The molecule has 1 heterocycles. The maximum absolute atomic E-state index is 12.9. The predicted octanol–water partition coefficient (Wildman–Crippen LogP) is 5.05. The molecule has 1 unspecified atom stereocenters. The van der Waals surface area contributed by atoms with Gasteiger partial charge in [0.05, 0.1) is 24.8 Å². The lowest BCUT2D eigenvalue weighted by Gasteiger charge is -2.25. The van der Waals surface area contributed by atoms with E-state index in [9.17, 15) is 4.57 Å². The summed E-state index contributed by atoms with van der Waals surface area (Å²) in [6, 6.07) is 6.63. The molecule has 2 rings (SSSR count). The zero-order valence-corrected chi connectivity index (χ0v) is 16.8. The summed E-state index contributed by atoms with van der Waals surface area (Å²) < 4.78 is 26.2. The van der Waals surface area contributed by atoms with Gasteiger partial charge in [0.2, 0.25) is 5.69 Å². The molecule has 0 aliphatic carbocycles. The molecule has 0 saturated heterocycles. The fraction of sp³-hybridized carbons (Fsp3) is 0.632. The molecule has 134 valence electrons. The zero-order chi connectivity index (χ0) is 18.0. The van der Waals surface area contributed by atoms with Gasteiger partial charge in [0.25, 0.3) is 0 Å². The molecule has 0 bridgehead atoms. The van der Waals surface area contributed by atoms with Gasteiger partial charge in [-0.15, -0.1) is 0 Å². The van der Waals surface area contributed by atoms with Gasteiger partial charge < -0.3 is 9.05 Å². The quantitative estimate of drug-likeness (QED) is 0.485. The van der Waals surface area contributed by atoms with Crippen LogP contribution in [0.5, 0.6) is 0 Å². The van der Waals surface area contributed by atoms with E-state index in [2.05, 4.69) is 50.5 Å². The first-order valence-corrected chi connectivity index (χ1v) is 10.6. The minimum Gasteiger partial charge on any atom is -0.309 e. The maximum Gasteiger partial charge on any atom is 0.330 e. The minimum absolute atomic E-state index is 0.138. The summed E-state index contributed by atoms with van der Waals surface area (Å²) in [6.07, 6.45) is 1.19. The lowest BCUT2D eigenvalue weighted by Crippen LogP contribution is -2.31. The van der Waals surface area contributed by atoms with Crippen molar-refractivity contribution < 1.29 is 18.2 Å². The molecule has 0 spiro atoms. The van der Waals surface area contributed by atoms with Crippen LogP contribution in [0.3, 0.4) is 0 Å². The lowest BCUT2D eigenvalue weighted by molar-refractivity contribution is -0.434. The SMILES string of the molecule is CCOP(=O)(CCC1(C)C(C)=[N+](CC)c2ccc(C)cc21)OCC. The molecule has 1 aromatic rings. The third-order valence-corrected chi connectivity index (χ3v) is 7.17. The highest BCUT2D eigenvalue weighted by atomic mass is 31.2. The number of hydrogen-bond donors (Lipinski definition) is 0. The molecule has 4 nitrogen and oxygen atoms in total. The summed E-state index contributed by atoms with van der Waals surface area (Å²) in [5.74, 6) is 0. The summed E-state index contributed by atoms with van der Waals surface area (Å²) in [7, 11) is -3.02. The molecule has 5 heteroatoms. The average molecular weight is 352 g/mol. The normalized spacial score (nSPS) is 20.6. The van der Waals surface area contributed by atoms with Gasteiger partial charge in [-0.05, 0) is 47.1 Å². The van der Waals surface area contributed by atoms with Crippen molar-refractivity contribution in [1.82, 2.24) is 0 Å². The van der Waals surface area contributed by atoms with E-state index in [1.54, 1.807) is 0 Å². The van der Waals surface area contributed by atoms with Crippen molar-refractivity contribution >= 4 is 19.0 Å². The van der Waals surface area contributed by atoms with Gasteiger partial charge in [-0.25, -0.2) is 0 Å². The summed E-state index contributed by atoms with van der Waals surface area (Å²) in [5, 5.41) is 0. The Kier molecular flexibility index (Phi) is 6.06.